The molecule has 142 valence electrons. The summed E-state index contributed by atoms with van der Waals surface area (Å²) in [6.45, 7) is 11.9. The number of halogens is 1. The summed E-state index contributed by atoms with van der Waals surface area (Å²) in [5, 5.41) is 2.70. The van der Waals surface area contributed by atoms with Crippen molar-refractivity contribution in [3.8, 4) is 0 Å². The quantitative estimate of drug-likeness (QED) is 0.565. The average molecular weight is 363 g/mol. The molecule has 0 aromatic heterocycles. The summed E-state index contributed by atoms with van der Waals surface area (Å²) in [5.74, 6) is -0.552. The van der Waals surface area contributed by atoms with Gasteiger partial charge < -0.3 is 19.4 Å². The third-order valence-electron chi connectivity index (χ3n) is 4.76. The summed E-state index contributed by atoms with van der Waals surface area (Å²) in [7, 11) is -0.516. The van der Waals surface area contributed by atoms with Crippen molar-refractivity contribution in [3.05, 3.63) is 42.7 Å². The number of benzene rings is 1. The van der Waals surface area contributed by atoms with Crippen LogP contribution in [0.3, 0.4) is 0 Å². The first-order valence-corrected chi connectivity index (χ1v) is 8.78. The van der Waals surface area contributed by atoms with Crippen LogP contribution in [0.1, 0.15) is 40.5 Å². The second-order valence-corrected chi connectivity index (χ2v) is 7.36. The lowest BCUT2D eigenvalue weighted by atomic mass is 9.79. The van der Waals surface area contributed by atoms with E-state index < -0.39 is 18.3 Å². The van der Waals surface area contributed by atoms with E-state index in [1.54, 1.807) is 6.08 Å². The van der Waals surface area contributed by atoms with Crippen LogP contribution in [-0.2, 0) is 18.8 Å². The van der Waals surface area contributed by atoms with Crippen molar-refractivity contribution in [1.29, 1.82) is 0 Å². The van der Waals surface area contributed by atoms with Gasteiger partial charge in [-0.15, -0.1) is 6.58 Å². The molecule has 1 heterocycles. The Morgan fingerprint density at radius 1 is 1.27 bits per heavy atom. The molecule has 1 fully saturated rings. The minimum absolute atomic E-state index is 0.171. The average Bonchev–Trinajstić information content (AvgIpc) is 2.77. The van der Waals surface area contributed by atoms with Gasteiger partial charge in [0.1, 0.15) is 5.82 Å². The summed E-state index contributed by atoms with van der Waals surface area (Å²) in [6, 6.07) is 5.28. The molecule has 0 spiro atoms. The van der Waals surface area contributed by atoms with Crippen LogP contribution in [0.5, 0.6) is 0 Å². The normalized spacial score (nSPS) is 19.2. The third kappa shape index (κ3) is 5.16. The molecule has 0 radical (unpaired) electrons. The zero-order valence-electron chi connectivity index (χ0n) is 15.9. The molecule has 1 N–H and O–H groups in total. The Morgan fingerprint density at radius 3 is 2.38 bits per heavy atom. The maximum Gasteiger partial charge on any atom is 0.489 e. The highest BCUT2D eigenvalue weighted by Crippen LogP contribution is 2.38. The fourth-order valence-electron chi connectivity index (χ4n) is 2.52. The molecule has 1 aliphatic rings. The predicted molar refractivity (Wildman–Crippen MR) is 100 cm³/mol. The van der Waals surface area contributed by atoms with Crippen molar-refractivity contribution in [3.63, 3.8) is 0 Å². The van der Waals surface area contributed by atoms with Crippen molar-refractivity contribution in [2.45, 2.75) is 57.7 Å². The number of ether oxygens (including phenoxy) is 1. The van der Waals surface area contributed by atoms with Crippen LogP contribution in [-0.4, -0.2) is 36.8 Å². The van der Waals surface area contributed by atoms with Gasteiger partial charge in [-0.3, -0.25) is 4.79 Å². The van der Waals surface area contributed by atoms with E-state index in [2.05, 4.69) is 11.9 Å². The minimum Gasteiger partial charge on any atom is -0.402 e. The van der Waals surface area contributed by atoms with Gasteiger partial charge in [0, 0.05) is 5.69 Å². The van der Waals surface area contributed by atoms with Gasteiger partial charge in [0.2, 0.25) is 5.91 Å². The summed E-state index contributed by atoms with van der Waals surface area (Å²) in [4.78, 5) is 12.0. The Morgan fingerprint density at radius 2 is 1.85 bits per heavy atom. The van der Waals surface area contributed by atoms with Crippen molar-refractivity contribution < 1.29 is 23.2 Å². The van der Waals surface area contributed by atoms with Gasteiger partial charge in [-0.25, -0.2) is 4.39 Å². The first-order chi connectivity index (χ1) is 12.1. The number of anilines is 1. The molecule has 1 amide bonds. The van der Waals surface area contributed by atoms with E-state index in [0.717, 1.165) is 0 Å². The van der Waals surface area contributed by atoms with E-state index in [1.807, 2.05) is 27.7 Å². The van der Waals surface area contributed by atoms with E-state index in [1.165, 1.54) is 24.3 Å². The Balaban J connectivity index is 1.84. The topological polar surface area (TPSA) is 56.8 Å². The molecule has 1 saturated heterocycles. The lowest BCUT2D eigenvalue weighted by Gasteiger charge is -2.32. The van der Waals surface area contributed by atoms with Crippen LogP contribution in [0.25, 0.3) is 0 Å². The minimum atomic E-state index is -0.516. The highest BCUT2D eigenvalue weighted by Gasteiger charge is 2.54. The molecule has 5 nitrogen and oxygen atoms in total. The van der Waals surface area contributed by atoms with Crippen molar-refractivity contribution >= 4 is 18.7 Å². The fourth-order valence-corrected chi connectivity index (χ4v) is 2.52. The van der Waals surface area contributed by atoms with Gasteiger partial charge in [0.15, 0.2) is 0 Å². The van der Waals surface area contributed by atoms with Crippen LogP contribution in [0.15, 0.2) is 36.9 Å². The summed E-state index contributed by atoms with van der Waals surface area (Å²) in [6.07, 6.45) is 2.47. The summed E-state index contributed by atoms with van der Waals surface area (Å²) < 4.78 is 30.7. The van der Waals surface area contributed by atoms with Gasteiger partial charge in [-0.1, -0.05) is 6.08 Å². The lowest BCUT2D eigenvalue weighted by molar-refractivity contribution is -0.117. The van der Waals surface area contributed by atoms with Crippen LogP contribution in [0.2, 0.25) is 0 Å². The highest BCUT2D eigenvalue weighted by molar-refractivity contribution is 6.47. The van der Waals surface area contributed by atoms with E-state index in [0.29, 0.717) is 12.1 Å². The smallest absolute Gasteiger partial charge is 0.402 e. The number of amides is 1. The van der Waals surface area contributed by atoms with E-state index >= 15 is 0 Å². The Bertz CT molecular complexity index is 617. The SMILES string of the molecule is C=CCC(OCCC(=O)Nc1ccc(F)cc1)B1OC(C)(C)C(C)(C)O1. The largest absolute Gasteiger partial charge is 0.489 e. The molecule has 1 aromatic carbocycles. The van der Waals surface area contributed by atoms with E-state index in [4.69, 9.17) is 14.0 Å². The number of hydrogen-bond acceptors (Lipinski definition) is 4. The standard InChI is InChI=1S/C19H27BFNO4/c1-6-7-16(20-25-18(2,3)19(4,5)26-20)24-13-12-17(23)22-15-10-8-14(21)9-11-15/h6,8-11,16H,1,7,12-13H2,2-5H3,(H,22,23). The van der Waals surface area contributed by atoms with Crippen molar-refractivity contribution in [2.75, 3.05) is 11.9 Å². The maximum absolute atomic E-state index is 12.9. The zero-order valence-corrected chi connectivity index (χ0v) is 15.9. The first-order valence-electron chi connectivity index (χ1n) is 8.78. The van der Waals surface area contributed by atoms with E-state index in [-0.39, 0.29) is 30.8 Å². The monoisotopic (exact) mass is 363 g/mol. The molecule has 1 unspecified atom stereocenters. The van der Waals surface area contributed by atoms with Crippen LogP contribution in [0.4, 0.5) is 10.1 Å². The second kappa shape index (κ2) is 8.33. The Kier molecular flexibility index (Phi) is 6.61. The molecule has 1 aromatic rings. The van der Waals surface area contributed by atoms with Crippen LogP contribution < -0.4 is 5.32 Å². The number of hydrogen-bond donors (Lipinski definition) is 1. The molecular weight excluding hydrogens is 336 g/mol. The fraction of sp³-hybridized carbons (Fsp3) is 0.526. The van der Waals surface area contributed by atoms with Crippen LogP contribution in [0, 0.1) is 5.82 Å². The summed E-state index contributed by atoms with van der Waals surface area (Å²) >= 11 is 0. The van der Waals surface area contributed by atoms with Gasteiger partial charge in [0.05, 0.1) is 30.2 Å². The molecule has 7 heteroatoms. The molecule has 0 aliphatic carbocycles. The number of rotatable bonds is 8. The van der Waals surface area contributed by atoms with Gasteiger partial charge >= 0.3 is 7.12 Å². The van der Waals surface area contributed by atoms with Crippen molar-refractivity contribution in [2.24, 2.45) is 0 Å². The van der Waals surface area contributed by atoms with E-state index in [9.17, 15) is 9.18 Å². The predicted octanol–water partition coefficient (Wildman–Crippen LogP) is 3.75. The molecular formula is C19H27BFNO4. The third-order valence-corrected chi connectivity index (χ3v) is 4.76. The summed E-state index contributed by atoms with van der Waals surface area (Å²) in [5.41, 5.74) is -0.342. The number of carbonyl (C=O) groups is 1. The van der Waals surface area contributed by atoms with Gasteiger partial charge in [-0.05, 0) is 58.4 Å². The zero-order chi connectivity index (χ0) is 19.4. The molecule has 2 rings (SSSR count). The Labute approximate surface area is 155 Å². The highest BCUT2D eigenvalue weighted by atomic mass is 19.1. The van der Waals surface area contributed by atoms with Crippen LogP contribution >= 0.6 is 0 Å². The maximum atomic E-state index is 12.9. The molecule has 1 aliphatic heterocycles. The lowest BCUT2D eigenvalue weighted by Crippen LogP contribution is -2.41. The number of nitrogens with one attached hydrogen (secondary N) is 1. The molecule has 1 atom stereocenters. The second-order valence-electron chi connectivity index (χ2n) is 7.36. The molecule has 0 saturated carbocycles. The van der Waals surface area contributed by atoms with Gasteiger partial charge in [0.25, 0.3) is 0 Å². The Hall–Kier alpha value is -1.70. The first kappa shape index (κ1) is 20.6. The van der Waals surface area contributed by atoms with Crippen molar-refractivity contribution in [1.82, 2.24) is 0 Å². The number of carbonyl (C=O) groups excluding carboxylic acids is 1. The molecule has 0 bridgehead atoms. The van der Waals surface area contributed by atoms with Gasteiger partial charge in [-0.2, -0.15) is 0 Å². The molecule has 26 heavy (non-hydrogen) atoms.